The lowest BCUT2D eigenvalue weighted by molar-refractivity contribution is -0.146. The first-order chi connectivity index (χ1) is 11.0. The lowest BCUT2D eigenvalue weighted by Crippen LogP contribution is -2.41. The lowest BCUT2D eigenvalue weighted by atomic mass is 10.1. The number of aliphatic hydroxyl groups is 1. The molecule has 0 saturated heterocycles. The lowest BCUT2D eigenvalue weighted by Gasteiger charge is -2.24. The first-order valence-corrected chi connectivity index (χ1v) is 7.70. The number of esters is 1. The van der Waals surface area contributed by atoms with Crippen LogP contribution in [0.5, 0.6) is 5.75 Å². The van der Waals surface area contributed by atoms with E-state index >= 15 is 0 Å². The molecule has 0 aliphatic carbocycles. The maximum absolute atomic E-state index is 12.2. The van der Waals surface area contributed by atoms with Crippen LogP contribution in [0.4, 0.5) is 0 Å². The first-order valence-electron chi connectivity index (χ1n) is 7.70. The maximum Gasteiger partial charge on any atom is 0.310 e. The fourth-order valence-corrected chi connectivity index (χ4v) is 2.10. The van der Waals surface area contributed by atoms with Gasteiger partial charge in [-0.05, 0) is 24.1 Å². The Hall–Kier alpha value is -2.08. The Balaban J connectivity index is 2.57. The molecule has 0 aliphatic heterocycles. The molecule has 1 atom stereocenters. The highest BCUT2D eigenvalue weighted by Gasteiger charge is 2.21. The summed E-state index contributed by atoms with van der Waals surface area (Å²) in [7, 11) is 1.31. The summed E-state index contributed by atoms with van der Waals surface area (Å²) in [6.07, 6.45) is 0.939. The Morgan fingerprint density at radius 1 is 1.26 bits per heavy atom. The van der Waals surface area contributed by atoms with Gasteiger partial charge in [0.1, 0.15) is 5.75 Å². The van der Waals surface area contributed by atoms with Crippen molar-refractivity contribution in [3.63, 3.8) is 0 Å². The number of hydrogen-bond acceptors (Lipinski definition) is 5. The molecule has 6 nitrogen and oxygen atoms in total. The average molecular weight is 323 g/mol. The molecular formula is C17H25NO5. The minimum atomic E-state index is -0.459. The molecule has 23 heavy (non-hydrogen) atoms. The topological polar surface area (TPSA) is 76.1 Å². The predicted molar refractivity (Wildman–Crippen MR) is 86.2 cm³/mol. The van der Waals surface area contributed by atoms with Gasteiger partial charge in [-0.25, -0.2) is 0 Å². The summed E-state index contributed by atoms with van der Waals surface area (Å²) in [6.45, 7) is 3.76. The van der Waals surface area contributed by atoms with Crippen LogP contribution < -0.4 is 4.74 Å². The van der Waals surface area contributed by atoms with E-state index in [1.54, 1.807) is 6.92 Å². The number of hydrogen-bond donors (Lipinski definition) is 1. The number of carbonyl (C=O) groups excluding carboxylic acids is 2. The van der Waals surface area contributed by atoms with Crippen LogP contribution in [0.3, 0.4) is 0 Å². The third kappa shape index (κ3) is 6.28. The summed E-state index contributed by atoms with van der Waals surface area (Å²) in [5.41, 5.74) is 1.19. The zero-order valence-electron chi connectivity index (χ0n) is 13.9. The molecule has 0 bridgehead atoms. The number of rotatable bonds is 9. The van der Waals surface area contributed by atoms with Gasteiger partial charge in [-0.3, -0.25) is 9.59 Å². The van der Waals surface area contributed by atoms with E-state index in [0.29, 0.717) is 5.75 Å². The largest absolute Gasteiger partial charge is 0.484 e. The summed E-state index contributed by atoms with van der Waals surface area (Å²) >= 11 is 0. The molecule has 0 saturated carbocycles. The summed E-state index contributed by atoms with van der Waals surface area (Å²) in [5.74, 6) is -0.522. The van der Waals surface area contributed by atoms with Gasteiger partial charge >= 0.3 is 5.97 Å². The van der Waals surface area contributed by atoms with Crippen molar-refractivity contribution in [1.29, 1.82) is 0 Å². The molecule has 0 aliphatic rings. The number of aryl methyl sites for hydroxylation is 1. The second kappa shape index (κ2) is 9.84. The summed E-state index contributed by atoms with van der Waals surface area (Å²) in [5, 5.41) is 9.09. The fraction of sp³-hybridized carbons (Fsp3) is 0.529. The number of nitrogens with zero attached hydrogens (tertiary/aromatic N) is 1. The van der Waals surface area contributed by atoms with Crippen LogP contribution in [0, 0.1) is 5.92 Å². The van der Waals surface area contributed by atoms with E-state index in [0.717, 1.165) is 6.42 Å². The van der Waals surface area contributed by atoms with Crippen molar-refractivity contribution < 1.29 is 24.2 Å². The van der Waals surface area contributed by atoms with Crippen LogP contribution >= 0.6 is 0 Å². The van der Waals surface area contributed by atoms with E-state index in [1.165, 1.54) is 17.6 Å². The zero-order chi connectivity index (χ0) is 17.2. The SMILES string of the molecule is CCc1ccc(OCC(=O)N(CCO)CC(C)C(=O)OC)cc1. The molecule has 0 spiro atoms. The third-order valence-electron chi connectivity index (χ3n) is 3.51. The van der Waals surface area contributed by atoms with Gasteiger partial charge in [0, 0.05) is 13.1 Å². The summed E-state index contributed by atoms with van der Waals surface area (Å²) in [6, 6.07) is 7.54. The van der Waals surface area contributed by atoms with Crippen molar-refractivity contribution in [2.24, 2.45) is 5.92 Å². The normalized spacial score (nSPS) is 11.7. The highest BCUT2D eigenvalue weighted by molar-refractivity contribution is 5.79. The number of benzene rings is 1. The van der Waals surface area contributed by atoms with E-state index in [1.807, 2.05) is 24.3 Å². The molecular weight excluding hydrogens is 298 g/mol. The zero-order valence-corrected chi connectivity index (χ0v) is 13.9. The van der Waals surface area contributed by atoms with Crippen LogP contribution in [0.2, 0.25) is 0 Å². The number of carbonyl (C=O) groups is 2. The molecule has 128 valence electrons. The molecule has 0 heterocycles. The van der Waals surface area contributed by atoms with Gasteiger partial charge in [0.25, 0.3) is 5.91 Å². The van der Waals surface area contributed by atoms with Crippen molar-refractivity contribution >= 4 is 11.9 Å². The molecule has 6 heteroatoms. The van der Waals surface area contributed by atoms with Gasteiger partial charge in [0.05, 0.1) is 19.6 Å². The van der Waals surface area contributed by atoms with Crippen LogP contribution in [-0.4, -0.2) is 55.3 Å². The van der Waals surface area contributed by atoms with Gasteiger partial charge in [0.2, 0.25) is 0 Å². The number of aliphatic hydroxyl groups excluding tert-OH is 1. The predicted octanol–water partition coefficient (Wildman–Crippen LogP) is 1.26. The average Bonchev–Trinajstić information content (AvgIpc) is 2.58. The van der Waals surface area contributed by atoms with E-state index in [9.17, 15) is 9.59 Å². The highest BCUT2D eigenvalue weighted by atomic mass is 16.5. The second-order valence-corrected chi connectivity index (χ2v) is 5.27. The van der Waals surface area contributed by atoms with Crippen LogP contribution in [-0.2, 0) is 20.7 Å². The van der Waals surface area contributed by atoms with Crippen molar-refractivity contribution in [3.05, 3.63) is 29.8 Å². The van der Waals surface area contributed by atoms with Crippen molar-refractivity contribution in [2.75, 3.05) is 33.4 Å². The van der Waals surface area contributed by atoms with Gasteiger partial charge in [-0.2, -0.15) is 0 Å². The monoisotopic (exact) mass is 323 g/mol. The first kappa shape index (κ1) is 19.0. The molecule has 1 aromatic carbocycles. The van der Waals surface area contributed by atoms with Gasteiger partial charge in [-0.15, -0.1) is 0 Å². The highest BCUT2D eigenvalue weighted by Crippen LogP contribution is 2.13. The summed E-state index contributed by atoms with van der Waals surface area (Å²) < 4.78 is 10.1. The molecule has 1 unspecified atom stereocenters. The maximum atomic E-state index is 12.2. The van der Waals surface area contributed by atoms with Gasteiger partial charge < -0.3 is 19.5 Å². The summed E-state index contributed by atoms with van der Waals surface area (Å²) in [4.78, 5) is 25.1. The standard InChI is InChI=1S/C17H25NO5/c1-4-14-5-7-15(8-6-14)23-12-16(20)18(9-10-19)11-13(2)17(21)22-3/h5-8,13,19H,4,9-12H2,1-3H3. The Morgan fingerprint density at radius 2 is 1.91 bits per heavy atom. The third-order valence-corrected chi connectivity index (χ3v) is 3.51. The molecule has 1 rings (SSSR count). The smallest absolute Gasteiger partial charge is 0.310 e. The molecule has 0 fully saturated rings. The molecule has 0 radical (unpaired) electrons. The molecule has 1 amide bonds. The van der Waals surface area contributed by atoms with Crippen molar-refractivity contribution in [2.45, 2.75) is 20.3 Å². The van der Waals surface area contributed by atoms with Crippen LogP contribution in [0.25, 0.3) is 0 Å². The second-order valence-electron chi connectivity index (χ2n) is 5.27. The van der Waals surface area contributed by atoms with Gasteiger partial charge in [-0.1, -0.05) is 26.0 Å². The number of amides is 1. The Morgan fingerprint density at radius 3 is 2.43 bits per heavy atom. The van der Waals surface area contributed by atoms with Crippen LogP contribution in [0.1, 0.15) is 19.4 Å². The number of methoxy groups -OCH3 is 1. The fourth-order valence-electron chi connectivity index (χ4n) is 2.10. The molecule has 1 aromatic rings. The molecule has 1 N–H and O–H groups in total. The Kier molecular flexibility index (Phi) is 8.11. The quantitative estimate of drug-likeness (QED) is 0.692. The van der Waals surface area contributed by atoms with E-state index in [2.05, 4.69) is 11.7 Å². The van der Waals surface area contributed by atoms with Crippen molar-refractivity contribution in [3.8, 4) is 5.75 Å². The van der Waals surface area contributed by atoms with E-state index < -0.39 is 11.9 Å². The Labute approximate surface area is 137 Å². The van der Waals surface area contributed by atoms with E-state index in [4.69, 9.17) is 9.84 Å². The minimum absolute atomic E-state index is 0.140. The van der Waals surface area contributed by atoms with Crippen molar-refractivity contribution in [1.82, 2.24) is 4.90 Å². The minimum Gasteiger partial charge on any atom is -0.484 e. The van der Waals surface area contributed by atoms with E-state index in [-0.39, 0.29) is 32.2 Å². The van der Waals surface area contributed by atoms with Crippen LogP contribution in [0.15, 0.2) is 24.3 Å². The van der Waals surface area contributed by atoms with Gasteiger partial charge in [0.15, 0.2) is 6.61 Å². The number of ether oxygens (including phenoxy) is 2. The molecule has 0 aromatic heterocycles. The Bertz CT molecular complexity index is 500.